The Hall–Kier alpha value is -2.74. The number of anilines is 1. The monoisotopic (exact) mass is 827 g/mol. The van der Waals surface area contributed by atoms with Crippen molar-refractivity contribution in [2.45, 2.75) is 105 Å². The van der Waals surface area contributed by atoms with Crippen LogP contribution in [0.5, 0.6) is 5.75 Å². The summed E-state index contributed by atoms with van der Waals surface area (Å²) in [5, 5.41) is 29.6. The molecule has 2 aromatic carbocycles. The molecule has 1 saturated heterocycles. The number of benzene rings is 2. The average molecular weight is 829 g/mol. The van der Waals surface area contributed by atoms with Crippen LogP contribution in [0.1, 0.15) is 83.7 Å². The molecule has 6 rings (SSSR count). The van der Waals surface area contributed by atoms with Gasteiger partial charge in [-0.25, -0.2) is 0 Å². The van der Waals surface area contributed by atoms with E-state index in [0.717, 1.165) is 35.2 Å². The fourth-order valence-corrected chi connectivity index (χ4v) is 10.5. The summed E-state index contributed by atoms with van der Waals surface area (Å²) in [6.45, 7) is 15.6. The molecule has 2 bridgehead atoms. The van der Waals surface area contributed by atoms with Gasteiger partial charge in [0.1, 0.15) is 17.9 Å². The zero-order chi connectivity index (χ0) is 40.7. The van der Waals surface area contributed by atoms with Crippen LogP contribution in [0.3, 0.4) is 0 Å². The van der Waals surface area contributed by atoms with Crippen LogP contribution in [0.15, 0.2) is 34.8 Å². The second-order valence-corrected chi connectivity index (χ2v) is 19.5. The van der Waals surface area contributed by atoms with Gasteiger partial charge >= 0.3 is 0 Å². The minimum absolute atomic E-state index is 0.0204. The van der Waals surface area contributed by atoms with E-state index in [1.54, 1.807) is 19.1 Å². The molecule has 1 aliphatic heterocycles. The first kappa shape index (κ1) is 43.4. The van der Waals surface area contributed by atoms with E-state index in [1.807, 2.05) is 63.4 Å². The Balaban J connectivity index is 1.48. The Morgan fingerprint density at radius 1 is 1.15 bits per heavy atom. The van der Waals surface area contributed by atoms with Crippen molar-refractivity contribution in [3.05, 3.63) is 45.9 Å². The number of aliphatic hydroxyl groups excluding tert-OH is 2. The lowest BCUT2D eigenvalue weighted by atomic mass is 9.45. The second kappa shape index (κ2) is 17.0. The molecule has 2 amide bonds. The third-order valence-electron chi connectivity index (χ3n) is 12.6. The highest BCUT2D eigenvalue weighted by Gasteiger charge is 2.57. The normalized spacial score (nSPS) is 27.3. The van der Waals surface area contributed by atoms with Crippen LogP contribution < -0.4 is 20.3 Å². The molecule has 3 aliphatic carbocycles. The van der Waals surface area contributed by atoms with E-state index in [0.29, 0.717) is 40.1 Å². The van der Waals surface area contributed by atoms with Gasteiger partial charge in [-0.3, -0.25) is 14.4 Å². The summed E-state index contributed by atoms with van der Waals surface area (Å²) in [5.74, 6) is 1.01. The van der Waals surface area contributed by atoms with Crippen LogP contribution in [0.2, 0.25) is 0 Å². The van der Waals surface area contributed by atoms with Crippen LogP contribution >= 0.6 is 15.9 Å². The number of hydrogen-bond donors (Lipinski definition) is 4. The maximum atomic E-state index is 14.3. The number of carbonyl (C=O) groups excluding carboxylic acids is 2. The van der Waals surface area contributed by atoms with Gasteiger partial charge in [-0.1, -0.05) is 59.7 Å². The molecule has 4 aliphatic rings. The van der Waals surface area contributed by atoms with Gasteiger partial charge in [0, 0.05) is 49.8 Å². The van der Waals surface area contributed by atoms with Crippen molar-refractivity contribution >= 4 is 33.4 Å². The van der Waals surface area contributed by atoms with Crippen LogP contribution in [0, 0.1) is 34.5 Å². The Bertz CT molecular complexity index is 1690. The lowest BCUT2D eigenvalue weighted by molar-refractivity contribution is -0.183. The Kier molecular flexibility index (Phi) is 13.4. The number of hydroxylamine groups is 2. The molecule has 9 atom stereocenters. The van der Waals surface area contributed by atoms with Gasteiger partial charge in [0.15, 0.2) is 0 Å². The zero-order valence-corrected chi connectivity index (χ0v) is 36.7. The van der Waals surface area contributed by atoms with Gasteiger partial charge in [0.25, 0.3) is 5.91 Å². The number of carbonyl (C=O) groups is 2. The van der Waals surface area contributed by atoms with Crippen molar-refractivity contribution in [1.82, 2.24) is 20.6 Å². The number of nitrogens with one attached hydrogen (secondary N) is 2. The van der Waals surface area contributed by atoms with Crippen LogP contribution in [-0.2, 0) is 16.2 Å². The molecule has 1 heterocycles. The number of aliphatic hydroxyl groups is 2. The molecule has 0 aromatic heterocycles. The Labute approximate surface area is 337 Å². The van der Waals surface area contributed by atoms with Crippen molar-refractivity contribution in [3.63, 3.8) is 0 Å². The molecule has 4 fully saturated rings. The first-order valence-electron chi connectivity index (χ1n) is 19.8. The lowest BCUT2D eigenvalue weighted by Crippen LogP contribution is -2.62. The van der Waals surface area contributed by atoms with E-state index in [9.17, 15) is 19.8 Å². The van der Waals surface area contributed by atoms with Gasteiger partial charge < -0.3 is 35.4 Å². The third kappa shape index (κ3) is 9.20. The minimum atomic E-state index is -0.903. The Morgan fingerprint density at radius 3 is 2.38 bits per heavy atom. The molecule has 0 radical (unpaired) electrons. The SMILES string of the molecule is COc1c(CN2O[C@@H](CO)[C@@H]([C@H](C)O)[C@H]2C(=O)N[C@H]2C[C@H]3C[C@H]([C@@H]2C)C3(C)C)cccc1-c1cc(C(=O)N[C@H](CN(C)C)CC(C)(C)C)c(Br)c(N(C)C)c1. The number of halogens is 1. The summed E-state index contributed by atoms with van der Waals surface area (Å²) >= 11 is 3.75. The number of rotatable bonds is 14. The summed E-state index contributed by atoms with van der Waals surface area (Å²) in [7, 11) is 9.52. The largest absolute Gasteiger partial charge is 0.496 e. The van der Waals surface area contributed by atoms with Crippen molar-refractivity contribution in [2.24, 2.45) is 34.5 Å². The van der Waals surface area contributed by atoms with E-state index in [-0.39, 0.29) is 47.9 Å². The van der Waals surface area contributed by atoms with Gasteiger partial charge in [0.2, 0.25) is 5.91 Å². The lowest BCUT2D eigenvalue weighted by Gasteiger charge is -2.62. The molecule has 0 spiro atoms. The highest BCUT2D eigenvalue weighted by molar-refractivity contribution is 9.10. The smallest absolute Gasteiger partial charge is 0.252 e. The molecule has 3 saturated carbocycles. The number of hydrogen-bond acceptors (Lipinski definition) is 9. The number of ether oxygens (including phenoxy) is 1. The molecule has 306 valence electrons. The average Bonchev–Trinajstić information content (AvgIpc) is 3.46. The number of nitrogens with zero attached hydrogens (tertiary/aromatic N) is 3. The fraction of sp³-hybridized carbons (Fsp3) is 0.674. The van der Waals surface area contributed by atoms with Crippen LogP contribution in [0.25, 0.3) is 11.1 Å². The second-order valence-electron chi connectivity index (χ2n) is 18.7. The number of fused-ring (bicyclic) bond motifs is 2. The maximum Gasteiger partial charge on any atom is 0.252 e. The molecular formula is C43H66BrN5O6. The van der Waals surface area contributed by atoms with E-state index in [1.165, 1.54) is 6.42 Å². The van der Waals surface area contributed by atoms with Gasteiger partial charge in [-0.2, -0.15) is 5.06 Å². The highest BCUT2D eigenvalue weighted by atomic mass is 79.9. The van der Waals surface area contributed by atoms with Crippen molar-refractivity contribution in [1.29, 1.82) is 0 Å². The van der Waals surface area contributed by atoms with Crippen molar-refractivity contribution in [2.75, 3.05) is 53.4 Å². The third-order valence-corrected chi connectivity index (χ3v) is 13.4. The molecule has 4 N–H and O–H groups in total. The topological polar surface area (TPSA) is 127 Å². The molecule has 55 heavy (non-hydrogen) atoms. The summed E-state index contributed by atoms with van der Waals surface area (Å²) in [4.78, 5) is 38.8. The van der Waals surface area contributed by atoms with Crippen LogP contribution in [0.4, 0.5) is 5.69 Å². The zero-order valence-electron chi connectivity index (χ0n) is 35.1. The standard InChI is InChI=1S/C43H66BrN5O6/c1-24-32-18-28(43(32,6)7)19-33(24)46-41(53)38-36(25(2)51)35(23-50)55-49(38)21-26-14-13-15-30(39(26)54-12)27-16-31(37(44)34(17-27)48(10)11)40(52)45-29(22-47(8)9)20-42(3,4)5/h13-17,24-25,28-29,32-33,35-36,38,50-51H,18-23H2,1-12H3,(H,45,52)(H,46,53)/t24-,25-,28+,29-,32+,33-,35-,36+,38-/m0/s1. The maximum absolute atomic E-state index is 14.3. The first-order valence-corrected chi connectivity index (χ1v) is 20.6. The molecule has 12 heteroatoms. The van der Waals surface area contributed by atoms with E-state index >= 15 is 0 Å². The van der Waals surface area contributed by atoms with Crippen molar-refractivity contribution in [3.8, 4) is 16.9 Å². The number of methoxy groups -OCH3 is 1. The minimum Gasteiger partial charge on any atom is -0.496 e. The number of para-hydroxylation sites is 1. The van der Waals surface area contributed by atoms with Gasteiger partial charge in [-0.15, -0.1) is 0 Å². The summed E-state index contributed by atoms with van der Waals surface area (Å²) in [6, 6.07) is 8.88. The fourth-order valence-electron chi connectivity index (χ4n) is 9.69. The molecule has 2 aromatic rings. The summed E-state index contributed by atoms with van der Waals surface area (Å²) < 4.78 is 6.81. The van der Waals surface area contributed by atoms with E-state index < -0.39 is 24.2 Å². The first-order chi connectivity index (χ1) is 25.7. The van der Waals surface area contributed by atoms with E-state index in [4.69, 9.17) is 9.57 Å². The summed E-state index contributed by atoms with van der Waals surface area (Å²) in [6.07, 6.45) is 1.28. The molecular weight excluding hydrogens is 762 g/mol. The van der Waals surface area contributed by atoms with E-state index in [2.05, 4.69) is 73.0 Å². The number of likely N-dealkylation sites (N-methyl/N-ethyl adjacent to an activating group) is 1. The number of amides is 2. The predicted octanol–water partition coefficient (Wildman–Crippen LogP) is 5.95. The Morgan fingerprint density at radius 2 is 1.84 bits per heavy atom. The quantitative estimate of drug-likeness (QED) is 0.183. The molecule has 0 unspecified atom stereocenters. The van der Waals surface area contributed by atoms with Gasteiger partial charge in [-0.05, 0) is 102 Å². The predicted molar refractivity (Wildman–Crippen MR) is 222 cm³/mol. The van der Waals surface area contributed by atoms with Gasteiger partial charge in [0.05, 0.1) is 42.1 Å². The van der Waals surface area contributed by atoms with Crippen molar-refractivity contribution < 1.29 is 29.4 Å². The summed E-state index contributed by atoms with van der Waals surface area (Å²) in [5.41, 5.74) is 3.96. The highest BCUT2D eigenvalue weighted by Crippen LogP contribution is 2.61. The van der Waals surface area contributed by atoms with Crippen LogP contribution in [-0.4, -0.2) is 111 Å². The molecule has 11 nitrogen and oxygen atoms in total.